The van der Waals surface area contributed by atoms with Crippen molar-refractivity contribution in [3.8, 4) is 0 Å². The number of thiazole rings is 1. The Hall–Kier alpha value is -0.410. The van der Waals surface area contributed by atoms with Crippen molar-refractivity contribution in [1.82, 2.24) is 0 Å². The third kappa shape index (κ3) is 2.11. The molecular formula is C6H10NOS+. The summed E-state index contributed by atoms with van der Waals surface area (Å²) in [6.07, 6.45) is 2.05. The van der Waals surface area contributed by atoms with Crippen LogP contribution in [0.4, 0.5) is 0 Å². The van der Waals surface area contributed by atoms with Crippen LogP contribution in [-0.4, -0.2) is 13.7 Å². The van der Waals surface area contributed by atoms with Crippen molar-refractivity contribution in [2.24, 2.45) is 0 Å². The van der Waals surface area contributed by atoms with Gasteiger partial charge in [-0.15, -0.1) is 0 Å². The summed E-state index contributed by atoms with van der Waals surface area (Å²) in [4.78, 5) is 0. The third-order valence-electron chi connectivity index (χ3n) is 1.08. The predicted molar refractivity (Wildman–Crippen MR) is 36.4 cm³/mol. The van der Waals surface area contributed by atoms with Crippen LogP contribution in [0.5, 0.6) is 0 Å². The van der Waals surface area contributed by atoms with E-state index in [9.17, 15) is 0 Å². The molecule has 2 nitrogen and oxygen atoms in total. The fraction of sp³-hybridized carbons (Fsp3) is 0.500. The molecule has 0 radical (unpaired) electrons. The van der Waals surface area contributed by atoms with Gasteiger partial charge in [-0.3, -0.25) is 0 Å². The van der Waals surface area contributed by atoms with E-state index >= 15 is 0 Å². The number of aromatic nitrogens is 1. The number of hydrogen-bond donors (Lipinski definition) is 0. The Balaban J connectivity index is 2.30. The van der Waals surface area contributed by atoms with E-state index < -0.39 is 0 Å². The molecule has 0 amide bonds. The van der Waals surface area contributed by atoms with Gasteiger partial charge in [0.15, 0.2) is 12.7 Å². The lowest BCUT2D eigenvalue weighted by Crippen LogP contribution is -2.32. The van der Waals surface area contributed by atoms with Gasteiger partial charge in [0.1, 0.15) is 6.61 Å². The molecule has 1 rings (SSSR count). The molecule has 0 aliphatic heterocycles. The Kier molecular flexibility index (Phi) is 2.67. The van der Waals surface area contributed by atoms with Gasteiger partial charge in [-0.25, -0.2) is 0 Å². The zero-order valence-corrected chi connectivity index (χ0v) is 6.23. The van der Waals surface area contributed by atoms with Crippen molar-refractivity contribution >= 4 is 11.3 Å². The Morgan fingerprint density at radius 2 is 2.56 bits per heavy atom. The molecule has 1 heterocycles. The predicted octanol–water partition coefficient (Wildman–Crippen LogP) is 0.682. The highest BCUT2D eigenvalue weighted by Gasteiger charge is 1.95. The van der Waals surface area contributed by atoms with E-state index in [-0.39, 0.29) is 0 Å². The van der Waals surface area contributed by atoms with Gasteiger partial charge < -0.3 is 4.74 Å². The van der Waals surface area contributed by atoms with Crippen LogP contribution in [0.1, 0.15) is 0 Å². The Labute approximate surface area is 58.7 Å². The maximum Gasteiger partial charge on any atom is 0.224 e. The van der Waals surface area contributed by atoms with E-state index in [1.54, 1.807) is 18.4 Å². The van der Waals surface area contributed by atoms with E-state index in [0.717, 1.165) is 13.2 Å². The van der Waals surface area contributed by atoms with Gasteiger partial charge in [0.2, 0.25) is 5.51 Å². The average molecular weight is 144 g/mol. The Morgan fingerprint density at radius 3 is 3.11 bits per heavy atom. The zero-order valence-electron chi connectivity index (χ0n) is 5.41. The second-order valence-electron chi connectivity index (χ2n) is 1.76. The first-order chi connectivity index (χ1) is 4.43. The lowest BCUT2D eigenvalue weighted by Gasteiger charge is -1.88. The molecule has 0 aliphatic carbocycles. The van der Waals surface area contributed by atoms with Crippen molar-refractivity contribution in [2.75, 3.05) is 13.7 Å². The second kappa shape index (κ2) is 3.58. The van der Waals surface area contributed by atoms with E-state index in [1.165, 1.54) is 0 Å². The molecule has 1 aromatic rings. The Bertz CT molecular complexity index is 150. The molecule has 0 unspecified atom stereocenters. The topological polar surface area (TPSA) is 13.1 Å². The highest BCUT2D eigenvalue weighted by molar-refractivity contribution is 7.07. The first-order valence-corrected chi connectivity index (χ1v) is 3.78. The van der Waals surface area contributed by atoms with E-state index in [1.807, 2.05) is 6.20 Å². The molecule has 0 saturated heterocycles. The van der Waals surface area contributed by atoms with Crippen LogP contribution in [0.2, 0.25) is 0 Å². The largest absolute Gasteiger partial charge is 0.378 e. The molecule has 0 aliphatic rings. The fourth-order valence-corrected chi connectivity index (χ4v) is 1.21. The van der Waals surface area contributed by atoms with Crippen LogP contribution in [0.25, 0.3) is 0 Å². The van der Waals surface area contributed by atoms with Gasteiger partial charge in [0.25, 0.3) is 0 Å². The molecule has 3 heteroatoms. The van der Waals surface area contributed by atoms with Gasteiger partial charge in [-0.05, 0) is 0 Å². The number of nitrogens with zero attached hydrogens (tertiary/aromatic N) is 1. The van der Waals surface area contributed by atoms with Crippen LogP contribution in [0, 0.1) is 0 Å². The third-order valence-corrected chi connectivity index (χ3v) is 1.75. The quantitative estimate of drug-likeness (QED) is 0.569. The van der Waals surface area contributed by atoms with Crippen molar-refractivity contribution in [2.45, 2.75) is 6.54 Å². The summed E-state index contributed by atoms with van der Waals surface area (Å²) in [6, 6.07) is 0. The smallest absolute Gasteiger partial charge is 0.224 e. The molecule has 0 fully saturated rings. The molecule has 0 saturated carbocycles. The number of rotatable bonds is 3. The lowest BCUT2D eigenvalue weighted by atomic mass is 10.7. The average Bonchev–Trinajstić information content (AvgIpc) is 2.34. The van der Waals surface area contributed by atoms with Gasteiger partial charge in [-0.2, -0.15) is 4.57 Å². The number of methoxy groups -OCH3 is 1. The summed E-state index contributed by atoms with van der Waals surface area (Å²) >= 11 is 1.70. The van der Waals surface area contributed by atoms with Crippen molar-refractivity contribution in [3.05, 3.63) is 17.1 Å². The van der Waals surface area contributed by atoms with Crippen LogP contribution in [0.15, 0.2) is 17.1 Å². The summed E-state index contributed by atoms with van der Waals surface area (Å²) in [6.45, 7) is 1.75. The summed E-state index contributed by atoms with van der Waals surface area (Å²) in [5.41, 5.74) is 2.07. The molecule has 1 aromatic heterocycles. The normalized spacial score (nSPS) is 9.89. The standard InChI is InChI=1S/C6H10NOS/c1-8-4-2-7-3-5-9-6-7/h3,5-6H,2,4H2,1H3/q+1. The molecule has 0 bridgehead atoms. The molecular weight excluding hydrogens is 134 g/mol. The van der Waals surface area contributed by atoms with Gasteiger partial charge in [-0.1, -0.05) is 11.3 Å². The second-order valence-corrected chi connectivity index (χ2v) is 2.51. The highest BCUT2D eigenvalue weighted by Crippen LogP contribution is 1.86. The van der Waals surface area contributed by atoms with Crippen LogP contribution < -0.4 is 4.57 Å². The summed E-state index contributed by atoms with van der Waals surface area (Å²) in [5.74, 6) is 0. The molecule has 0 atom stereocenters. The van der Waals surface area contributed by atoms with Crippen molar-refractivity contribution in [3.63, 3.8) is 0 Å². The van der Waals surface area contributed by atoms with Crippen LogP contribution in [-0.2, 0) is 11.3 Å². The Morgan fingerprint density at radius 1 is 1.67 bits per heavy atom. The van der Waals surface area contributed by atoms with Crippen molar-refractivity contribution < 1.29 is 9.30 Å². The van der Waals surface area contributed by atoms with Gasteiger partial charge in [0.05, 0.1) is 5.38 Å². The van der Waals surface area contributed by atoms with E-state index in [2.05, 4.69) is 15.5 Å². The minimum atomic E-state index is 0.793. The molecule has 50 valence electrons. The number of hydrogen-bond acceptors (Lipinski definition) is 2. The summed E-state index contributed by atoms with van der Waals surface area (Å²) < 4.78 is 7.00. The fourth-order valence-electron chi connectivity index (χ4n) is 0.586. The molecule has 0 spiro atoms. The maximum absolute atomic E-state index is 4.90. The molecule has 0 aromatic carbocycles. The van der Waals surface area contributed by atoms with Gasteiger partial charge in [0, 0.05) is 7.11 Å². The molecule has 0 N–H and O–H groups in total. The van der Waals surface area contributed by atoms with Crippen molar-refractivity contribution in [1.29, 1.82) is 0 Å². The SMILES string of the molecule is COCC[n+]1ccsc1. The molecule has 9 heavy (non-hydrogen) atoms. The zero-order chi connectivity index (χ0) is 6.53. The van der Waals surface area contributed by atoms with Gasteiger partial charge >= 0.3 is 0 Å². The minimum absolute atomic E-state index is 0.793. The minimum Gasteiger partial charge on any atom is -0.378 e. The summed E-state index contributed by atoms with van der Waals surface area (Å²) in [5, 5.41) is 2.05. The van der Waals surface area contributed by atoms with Crippen LogP contribution >= 0.6 is 11.3 Å². The van der Waals surface area contributed by atoms with E-state index in [0.29, 0.717) is 0 Å². The summed E-state index contributed by atoms with van der Waals surface area (Å²) in [7, 11) is 1.72. The number of ether oxygens (including phenoxy) is 1. The highest BCUT2D eigenvalue weighted by atomic mass is 32.1. The van der Waals surface area contributed by atoms with E-state index in [4.69, 9.17) is 4.74 Å². The lowest BCUT2D eigenvalue weighted by molar-refractivity contribution is -0.693. The maximum atomic E-state index is 4.90. The first-order valence-electron chi connectivity index (χ1n) is 2.83. The first kappa shape index (κ1) is 6.71. The van der Waals surface area contributed by atoms with Crippen LogP contribution in [0.3, 0.4) is 0 Å². The monoisotopic (exact) mass is 144 g/mol.